The van der Waals surface area contributed by atoms with Crippen LogP contribution in [0.15, 0.2) is 84.7 Å². The van der Waals surface area contributed by atoms with E-state index in [4.69, 9.17) is 0 Å². The molecule has 4 aromatic rings. The van der Waals surface area contributed by atoms with Crippen LogP contribution in [0.1, 0.15) is 62.4 Å². The summed E-state index contributed by atoms with van der Waals surface area (Å²) in [5, 5.41) is 7.36. The highest BCUT2D eigenvalue weighted by atomic mass is 16.2. The highest BCUT2D eigenvalue weighted by Gasteiger charge is 2.16. The zero-order chi connectivity index (χ0) is 28.2. The lowest BCUT2D eigenvalue weighted by Gasteiger charge is -2.05. The van der Waals surface area contributed by atoms with E-state index in [1.807, 2.05) is 44.2 Å². The number of allylic oxidation sites excluding steroid dienone is 2. The number of pyridine rings is 1. The fourth-order valence-electron chi connectivity index (χ4n) is 3.24. The first-order chi connectivity index (χ1) is 18.2. The standard InChI is InChI=1S/C24H22N6O2.C4H10.C2H4/c1-4-14(2)26-15(3)27-22(31)18-10-7-11-19-21(18)29-24(28-19)30-23(32)20-12-16-8-5-6-9-17(16)13-25-20;1-4(2)3;1-2/h4-13H,1-3H3,(H,26,27,31)(H2,28,29,30,32);4H,1-3H3;1-2H2/b14-4-;;. The van der Waals surface area contributed by atoms with Gasteiger partial charge in [0.2, 0.25) is 5.95 Å². The molecule has 0 aliphatic carbocycles. The fourth-order valence-corrected chi connectivity index (χ4v) is 3.24. The number of carbonyl (C=O) groups excluding carboxylic acids is 2. The van der Waals surface area contributed by atoms with Crippen molar-refractivity contribution in [2.75, 3.05) is 5.32 Å². The van der Waals surface area contributed by atoms with Crippen molar-refractivity contribution in [2.45, 2.75) is 41.5 Å². The number of hydrogen-bond donors (Lipinski definition) is 3. The molecule has 2 amide bonds. The summed E-state index contributed by atoms with van der Waals surface area (Å²) < 4.78 is 0. The number of fused-ring (bicyclic) bond motifs is 2. The van der Waals surface area contributed by atoms with Crippen LogP contribution >= 0.6 is 0 Å². The Labute approximate surface area is 224 Å². The van der Waals surface area contributed by atoms with Gasteiger partial charge in [0, 0.05) is 17.3 Å². The Hall–Kier alpha value is -4.59. The zero-order valence-electron chi connectivity index (χ0n) is 22.9. The zero-order valence-corrected chi connectivity index (χ0v) is 22.9. The second-order valence-electron chi connectivity index (χ2n) is 8.97. The van der Waals surface area contributed by atoms with E-state index < -0.39 is 5.91 Å². The number of aliphatic imine (C=N–C) groups is 1. The molecule has 198 valence electrons. The minimum Gasteiger partial charge on any atom is -0.324 e. The maximum Gasteiger partial charge on any atom is 0.276 e. The number of amides is 2. The van der Waals surface area contributed by atoms with Crippen LogP contribution in [0.2, 0.25) is 0 Å². The lowest BCUT2D eigenvalue weighted by atomic mass is 10.1. The molecule has 4 rings (SSSR count). The molecule has 2 heterocycles. The summed E-state index contributed by atoms with van der Waals surface area (Å²) in [6, 6.07) is 14.6. The number of hydrogen-bond acceptors (Lipinski definition) is 5. The van der Waals surface area contributed by atoms with Gasteiger partial charge in [0.15, 0.2) is 0 Å². The maximum atomic E-state index is 12.8. The molecule has 0 aliphatic rings. The van der Waals surface area contributed by atoms with Crippen LogP contribution < -0.4 is 10.6 Å². The Kier molecular flexibility index (Phi) is 11.1. The van der Waals surface area contributed by atoms with Crippen molar-refractivity contribution in [3.8, 4) is 0 Å². The number of rotatable bonds is 4. The van der Waals surface area contributed by atoms with Crippen molar-refractivity contribution < 1.29 is 9.59 Å². The molecule has 0 unspecified atom stereocenters. The Morgan fingerprint density at radius 3 is 2.32 bits per heavy atom. The van der Waals surface area contributed by atoms with Gasteiger partial charge in [-0.15, -0.1) is 13.2 Å². The molecule has 3 N–H and O–H groups in total. The SMILES string of the molecule is C/C=C(/C)N=C(C)NC(=O)c1cccc2[nH]c(NC(=O)c3cc4ccccc4cn3)nc12.C=C.CC(C)C. The molecule has 0 saturated heterocycles. The number of benzene rings is 2. The Morgan fingerprint density at radius 1 is 1.00 bits per heavy atom. The van der Waals surface area contributed by atoms with E-state index in [2.05, 4.69) is 64.5 Å². The molecule has 0 radical (unpaired) electrons. The van der Waals surface area contributed by atoms with E-state index in [1.54, 1.807) is 37.4 Å². The van der Waals surface area contributed by atoms with Gasteiger partial charge in [-0.1, -0.05) is 57.2 Å². The molecule has 0 spiro atoms. The first kappa shape index (κ1) is 29.6. The Bertz CT molecular complexity index is 1460. The first-order valence-corrected chi connectivity index (χ1v) is 12.3. The van der Waals surface area contributed by atoms with E-state index in [0.29, 0.717) is 22.4 Å². The summed E-state index contributed by atoms with van der Waals surface area (Å²) in [7, 11) is 0. The van der Waals surface area contributed by atoms with Crippen molar-refractivity contribution in [3.63, 3.8) is 0 Å². The van der Waals surface area contributed by atoms with Gasteiger partial charge in [0.25, 0.3) is 11.8 Å². The van der Waals surface area contributed by atoms with Gasteiger partial charge in [-0.2, -0.15) is 0 Å². The number of amidine groups is 1. The Balaban J connectivity index is 0.000000773. The molecule has 0 saturated carbocycles. The summed E-state index contributed by atoms with van der Waals surface area (Å²) in [5.74, 6) is 0.816. The lowest BCUT2D eigenvalue weighted by Crippen LogP contribution is -2.28. The molecule has 0 fully saturated rings. The summed E-state index contributed by atoms with van der Waals surface area (Å²) in [6.07, 6.45) is 3.51. The van der Waals surface area contributed by atoms with Gasteiger partial charge in [-0.25, -0.2) is 9.98 Å². The second kappa shape index (κ2) is 14.2. The average Bonchev–Trinajstić information content (AvgIpc) is 3.31. The van der Waals surface area contributed by atoms with E-state index in [9.17, 15) is 9.59 Å². The summed E-state index contributed by atoms with van der Waals surface area (Å²) in [6.45, 7) is 17.9. The average molecular weight is 513 g/mol. The smallest absolute Gasteiger partial charge is 0.276 e. The van der Waals surface area contributed by atoms with E-state index in [0.717, 1.165) is 22.4 Å². The molecule has 2 aromatic heterocycles. The molecular weight excluding hydrogens is 476 g/mol. The summed E-state index contributed by atoms with van der Waals surface area (Å²) in [5.41, 5.74) is 2.51. The number of H-pyrrole nitrogens is 1. The minimum absolute atomic E-state index is 0.232. The quantitative estimate of drug-likeness (QED) is 0.157. The lowest BCUT2D eigenvalue weighted by molar-refractivity contribution is 0.0977. The van der Waals surface area contributed by atoms with E-state index in [1.165, 1.54) is 0 Å². The van der Waals surface area contributed by atoms with Gasteiger partial charge in [0.1, 0.15) is 17.0 Å². The molecule has 8 heteroatoms. The number of aromatic nitrogens is 3. The van der Waals surface area contributed by atoms with Crippen molar-refractivity contribution in [2.24, 2.45) is 10.9 Å². The minimum atomic E-state index is -0.398. The van der Waals surface area contributed by atoms with Gasteiger partial charge in [-0.05, 0) is 50.3 Å². The predicted molar refractivity (Wildman–Crippen MR) is 158 cm³/mol. The number of nitrogens with zero attached hydrogens (tertiary/aromatic N) is 3. The topological polar surface area (TPSA) is 112 Å². The monoisotopic (exact) mass is 512 g/mol. The highest BCUT2D eigenvalue weighted by Crippen LogP contribution is 2.20. The number of carbonyl (C=O) groups is 2. The molecule has 0 atom stereocenters. The second-order valence-corrected chi connectivity index (χ2v) is 8.97. The van der Waals surface area contributed by atoms with Gasteiger partial charge < -0.3 is 10.3 Å². The van der Waals surface area contributed by atoms with Crippen LogP contribution in [-0.2, 0) is 0 Å². The van der Waals surface area contributed by atoms with Crippen LogP contribution in [-0.4, -0.2) is 32.6 Å². The number of anilines is 1. The molecule has 0 aliphatic heterocycles. The van der Waals surface area contributed by atoms with Crippen LogP contribution in [0.3, 0.4) is 0 Å². The van der Waals surface area contributed by atoms with Crippen molar-refractivity contribution in [1.82, 2.24) is 20.3 Å². The summed E-state index contributed by atoms with van der Waals surface area (Å²) >= 11 is 0. The molecule has 2 aromatic carbocycles. The fraction of sp³-hybridized carbons (Fsp3) is 0.233. The number of aromatic amines is 1. The predicted octanol–water partition coefficient (Wildman–Crippen LogP) is 6.90. The number of para-hydroxylation sites is 1. The molecule has 38 heavy (non-hydrogen) atoms. The van der Waals surface area contributed by atoms with Crippen molar-refractivity contribution >= 4 is 45.4 Å². The van der Waals surface area contributed by atoms with Crippen LogP contribution in [0.25, 0.3) is 21.8 Å². The van der Waals surface area contributed by atoms with E-state index in [-0.39, 0.29) is 17.5 Å². The number of imidazole rings is 1. The third-order valence-corrected chi connectivity index (χ3v) is 4.91. The van der Waals surface area contributed by atoms with Crippen LogP contribution in [0, 0.1) is 5.92 Å². The van der Waals surface area contributed by atoms with Gasteiger partial charge in [0.05, 0.1) is 11.1 Å². The maximum absolute atomic E-state index is 12.8. The van der Waals surface area contributed by atoms with Crippen molar-refractivity contribution in [1.29, 1.82) is 0 Å². The number of nitrogens with one attached hydrogen (secondary N) is 3. The Morgan fingerprint density at radius 2 is 1.66 bits per heavy atom. The summed E-state index contributed by atoms with van der Waals surface area (Å²) in [4.78, 5) is 41.4. The van der Waals surface area contributed by atoms with Gasteiger partial charge >= 0.3 is 0 Å². The third kappa shape index (κ3) is 8.23. The van der Waals surface area contributed by atoms with Crippen LogP contribution in [0.4, 0.5) is 5.95 Å². The van der Waals surface area contributed by atoms with Gasteiger partial charge in [-0.3, -0.25) is 19.9 Å². The molecule has 0 bridgehead atoms. The largest absolute Gasteiger partial charge is 0.324 e. The molecule has 8 nitrogen and oxygen atoms in total. The molecular formula is C30H36N6O2. The van der Waals surface area contributed by atoms with E-state index >= 15 is 0 Å². The third-order valence-electron chi connectivity index (χ3n) is 4.91. The first-order valence-electron chi connectivity index (χ1n) is 12.3. The van der Waals surface area contributed by atoms with Crippen molar-refractivity contribution in [3.05, 3.63) is 90.9 Å². The normalized spacial score (nSPS) is 11.3. The van der Waals surface area contributed by atoms with Crippen LogP contribution in [0.5, 0.6) is 0 Å². The highest BCUT2D eigenvalue weighted by molar-refractivity contribution is 6.12.